The molecule has 1 N–H and O–H groups in total. The summed E-state index contributed by atoms with van der Waals surface area (Å²) in [5, 5.41) is 2.88. The number of carbonyl (C=O) groups is 2. The number of amides is 1. The van der Waals surface area contributed by atoms with Gasteiger partial charge in [-0.1, -0.05) is 59.9 Å². The number of esters is 1. The van der Waals surface area contributed by atoms with Gasteiger partial charge in [-0.25, -0.2) is 14.2 Å². The van der Waals surface area contributed by atoms with E-state index in [-0.39, 0.29) is 24.3 Å². The Hall–Kier alpha value is -4.83. The molecule has 208 valence electrons. The fraction of sp³-hybridized carbons (Fsp3) is 0.161. The summed E-state index contributed by atoms with van der Waals surface area (Å²) >= 11 is 1.16. The average Bonchev–Trinajstić information content (AvgIpc) is 3.27. The standard InChI is InChI=1S/C31H26FN3O5S/c1-3-39-26(36)18-40-24-12-8-7-9-21(24)17-25-30(38)35-28(20-13-15-22(32)16-14-20)27(19(2)33-31(35)41-25)29(37)34-23-10-5-4-6-11-23/h4-17,28H,3,18H2,1-2H3,(H,34,37). The fourth-order valence-electron chi connectivity index (χ4n) is 4.50. The molecule has 0 aliphatic carbocycles. The van der Waals surface area contributed by atoms with E-state index >= 15 is 0 Å². The quantitative estimate of drug-likeness (QED) is 0.323. The summed E-state index contributed by atoms with van der Waals surface area (Å²) < 4.78 is 26.3. The number of hydrogen-bond donors (Lipinski definition) is 1. The Labute approximate surface area is 238 Å². The number of nitrogens with zero attached hydrogens (tertiary/aromatic N) is 2. The second-order valence-corrected chi connectivity index (χ2v) is 10.1. The zero-order chi connectivity index (χ0) is 28.9. The molecule has 0 bridgehead atoms. The Morgan fingerprint density at radius 3 is 2.49 bits per heavy atom. The van der Waals surface area contributed by atoms with Crippen LogP contribution < -0.4 is 24.9 Å². The number of halogens is 1. The summed E-state index contributed by atoms with van der Waals surface area (Å²) in [6, 6.07) is 20.8. The van der Waals surface area contributed by atoms with Crippen LogP contribution in [0.4, 0.5) is 10.1 Å². The van der Waals surface area contributed by atoms with E-state index in [0.29, 0.717) is 37.6 Å². The van der Waals surface area contributed by atoms with Gasteiger partial charge >= 0.3 is 5.97 Å². The van der Waals surface area contributed by atoms with Crippen LogP contribution in [0.2, 0.25) is 0 Å². The van der Waals surface area contributed by atoms with Gasteiger partial charge in [0.1, 0.15) is 11.6 Å². The zero-order valence-electron chi connectivity index (χ0n) is 22.3. The van der Waals surface area contributed by atoms with Crippen LogP contribution in [0.3, 0.4) is 0 Å². The number of thiazole rings is 1. The molecule has 10 heteroatoms. The van der Waals surface area contributed by atoms with Crippen molar-refractivity contribution in [3.63, 3.8) is 0 Å². The molecule has 8 nitrogen and oxygen atoms in total. The minimum Gasteiger partial charge on any atom is -0.481 e. The fourth-order valence-corrected chi connectivity index (χ4v) is 5.54. The highest BCUT2D eigenvalue weighted by molar-refractivity contribution is 7.07. The Bertz CT molecular complexity index is 1810. The SMILES string of the molecule is CCOC(=O)COc1ccccc1C=c1sc2n(c1=O)C(c1ccc(F)cc1)C(C(=O)Nc1ccccc1)=C(C)N=2. The van der Waals surface area contributed by atoms with E-state index in [1.165, 1.54) is 16.7 Å². The van der Waals surface area contributed by atoms with Crippen molar-refractivity contribution in [2.75, 3.05) is 18.5 Å². The molecule has 1 atom stereocenters. The molecule has 0 radical (unpaired) electrons. The first-order chi connectivity index (χ1) is 19.9. The molecule has 2 heterocycles. The monoisotopic (exact) mass is 571 g/mol. The maximum absolute atomic E-state index is 13.9. The third-order valence-electron chi connectivity index (χ3n) is 6.34. The Morgan fingerprint density at radius 1 is 1.05 bits per heavy atom. The van der Waals surface area contributed by atoms with Crippen molar-refractivity contribution >= 4 is 35.0 Å². The molecule has 0 saturated carbocycles. The zero-order valence-corrected chi connectivity index (χ0v) is 23.1. The third-order valence-corrected chi connectivity index (χ3v) is 7.32. The van der Waals surface area contributed by atoms with E-state index in [1.54, 1.807) is 80.6 Å². The lowest BCUT2D eigenvalue weighted by molar-refractivity contribution is -0.145. The molecule has 0 fully saturated rings. The summed E-state index contributed by atoms with van der Waals surface area (Å²) in [4.78, 5) is 44.3. The molecular formula is C31H26FN3O5S. The number of carbonyl (C=O) groups excluding carboxylic acids is 2. The first-order valence-corrected chi connectivity index (χ1v) is 13.7. The van der Waals surface area contributed by atoms with Gasteiger partial charge in [0.2, 0.25) is 0 Å². The van der Waals surface area contributed by atoms with Crippen LogP contribution in [0.5, 0.6) is 5.75 Å². The topological polar surface area (TPSA) is 99.0 Å². The lowest BCUT2D eigenvalue weighted by Crippen LogP contribution is -2.40. The second kappa shape index (κ2) is 12.1. The summed E-state index contributed by atoms with van der Waals surface area (Å²) in [6.07, 6.45) is 1.66. The van der Waals surface area contributed by atoms with Crippen molar-refractivity contribution in [1.29, 1.82) is 0 Å². The maximum atomic E-state index is 13.9. The van der Waals surface area contributed by atoms with Crippen LogP contribution >= 0.6 is 11.3 Å². The van der Waals surface area contributed by atoms with Gasteiger partial charge in [0.05, 0.1) is 28.5 Å². The highest BCUT2D eigenvalue weighted by Gasteiger charge is 2.32. The highest BCUT2D eigenvalue weighted by Crippen LogP contribution is 2.31. The number of ether oxygens (including phenoxy) is 2. The van der Waals surface area contributed by atoms with Crippen molar-refractivity contribution in [2.24, 2.45) is 4.99 Å². The molecule has 1 amide bonds. The number of hydrogen-bond acceptors (Lipinski definition) is 7. The first kappa shape index (κ1) is 27.7. The number of fused-ring (bicyclic) bond motifs is 1. The van der Waals surface area contributed by atoms with E-state index in [2.05, 4.69) is 10.3 Å². The second-order valence-electron chi connectivity index (χ2n) is 9.09. The average molecular weight is 572 g/mol. The van der Waals surface area contributed by atoms with Crippen LogP contribution in [-0.4, -0.2) is 29.7 Å². The van der Waals surface area contributed by atoms with E-state index in [9.17, 15) is 18.8 Å². The summed E-state index contributed by atoms with van der Waals surface area (Å²) in [7, 11) is 0. The van der Waals surface area contributed by atoms with Gasteiger partial charge in [0.25, 0.3) is 11.5 Å². The van der Waals surface area contributed by atoms with Gasteiger partial charge in [-0.05, 0) is 55.8 Å². The molecule has 0 saturated heterocycles. The van der Waals surface area contributed by atoms with Crippen LogP contribution in [0.25, 0.3) is 6.08 Å². The summed E-state index contributed by atoms with van der Waals surface area (Å²) in [5.74, 6) is -0.950. The van der Waals surface area contributed by atoms with Crippen LogP contribution in [0.15, 0.2) is 99.9 Å². The van der Waals surface area contributed by atoms with E-state index in [4.69, 9.17) is 9.47 Å². The van der Waals surface area contributed by atoms with Crippen molar-refractivity contribution < 1.29 is 23.5 Å². The van der Waals surface area contributed by atoms with E-state index < -0.39 is 23.7 Å². The van der Waals surface area contributed by atoms with Crippen molar-refractivity contribution in [3.05, 3.63) is 127 Å². The number of nitrogens with one attached hydrogen (secondary N) is 1. The molecule has 1 aliphatic rings. The van der Waals surface area contributed by atoms with E-state index in [1.807, 2.05) is 6.07 Å². The van der Waals surface area contributed by atoms with Gasteiger partial charge < -0.3 is 14.8 Å². The Morgan fingerprint density at radius 2 is 1.76 bits per heavy atom. The van der Waals surface area contributed by atoms with Crippen molar-refractivity contribution in [3.8, 4) is 5.75 Å². The smallest absolute Gasteiger partial charge is 0.344 e. The number of para-hydroxylation sites is 2. The minimum atomic E-state index is -0.840. The van der Waals surface area contributed by atoms with Crippen LogP contribution in [-0.2, 0) is 14.3 Å². The number of benzene rings is 3. The largest absolute Gasteiger partial charge is 0.481 e. The molecular weight excluding hydrogens is 545 g/mol. The summed E-state index contributed by atoms with van der Waals surface area (Å²) in [5.41, 5.74) is 2.08. The lowest BCUT2D eigenvalue weighted by Gasteiger charge is -2.25. The Kier molecular flexibility index (Phi) is 8.21. The highest BCUT2D eigenvalue weighted by atomic mass is 32.1. The first-order valence-electron chi connectivity index (χ1n) is 12.9. The molecule has 0 spiro atoms. The predicted molar refractivity (Wildman–Crippen MR) is 154 cm³/mol. The number of rotatable bonds is 8. The molecule has 41 heavy (non-hydrogen) atoms. The molecule has 3 aromatic carbocycles. The number of allylic oxidation sites excluding steroid dienone is 1. The molecule has 1 aliphatic heterocycles. The van der Waals surface area contributed by atoms with Gasteiger partial charge in [0, 0.05) is 11.3 Å². The number of aromatic nitrogens is 1. The molecule has 1 unspecified atom stereocenters. The predicted octanol–water partition coefficient (Wildman–Crippen LogP) is 3.95. The molecule has 4 aromatic rings. The third kappa shape index (κ3) is 6.02. The van der Waals surface area contributed by atoms with E-state index in [0.717, 1.165) is 11.3 Å². The molecule has 5 rings (SSSR count). The van der Waals surface area contributed by atoms with Gasteiger partial charge in [-0.3, -0.25) is 14.2 Å². The summed E-state index contributed by atoms with van der Waals surface area (Å²) in [6.45, 7) is 3.39. The van der Waals surface area contributed by atoms with Crippen LogP contribution in [0.1, 0.15) is 31.0 Å². The van der Waals surface area contributed by atoms with Gasteiger partial charge in [-0.2, -0.15) is 0 Å². The number of anilines is 1. The minimum absolute atomic E-state index is 0.241. The Balaban J connectivity index is 1.60. The molecule has 1 aromatic heterocycles. The van der Waals surface area contributed by atoms with Gasteiger partial charge in [-0.15, -0.1) is 0 Å². The lowest BCUT2D eigenvalue weighted by atomic mass is 9.95. The normalized spacial score (nSPS) is 14.7. The van der Waals surface area contributed by atoms with Gasteiger partial charge in [0.15, 0.2) is 11.4 Å². The van der Waals surface area contributed by atoms with Crippen LogP contribution in [0, 0.1) is 5.82 Å². The van der Waals surface area contributed by atoms with Crippen molar-refractivity contribution in [1.82, 2.24) is 4.57 Å². The maximum Gasteiger partial charge on any atom is 0.344 e. The van der Waals surface area contributed by atoms with Crippen molar-refractivity contribution in [2.45, 2.75) is 19.9 Å².